The fourth-order valence-electron chi connectivity index (χ4n) is 3.44. The maximum Gasteiger partial charge on any atom is 0.131 e. The molecule has 0 fully saturated rings. The normalized spacial score (nSPS) is 11.0. The number of methoxy groups -OCH3 is 2. The summed E-state index contributed by atoms with van der Waals surface area (Å²) in [5.74, 6) is 1.51. The molecule has 1 N–H and O–H groups in total. The molecule has 0 aliphatic heterocycles. The van der Waals surface area contributed by atoms with Crippen molar-refractivity contribution >= 4 is 38.2 Å². The van der Waals surface area contributed by atoms with Crippen LogP contribution in [0.5, 0.6) is 11.5 Å². The van der Waals surface area contributed by atoms with Gasteiger partial charge in [0.05, 0.1) is 25.4 Å². The maximum absolute atomic E-state index is 5.61. The van der Waals surface area contributed by atoms with E-state index in [1.807, 2.05) is 12.1 Å². The highest BCUT2D eigenvalue weighted by Crippen LogP contribution is 2.34. The molecule has 0 amide bonds. The largest absolute Gasteiger partial charge is 0.497 e. The van der Waals surface area contributed by atoms with Gasteiger partial charge in [-0.05, 0) is 53.7 Å². The number of nitrogens with zero attached hydrogens (tertiary/aromatic N) is 1. The van der Waals surface area contributed by atoms with Gasteiger partial charge in [0.25, 0.3) is 0 Å². The molecule has 0 saturated carbocycles. The first-order valence-corrected chi connectivity index (χ1v) is 11.4. The van der Waals surface area contributed by atoms with E-state index in [9.17, 15) is 0 Å². The van der Waals surface area contributed by atoms with Gasteiger partial charge in [0.2, 0.25) is 0 Å². The summed E-state index contributed by atoms with van der Waals surface area (Å²) in [6.45, 7) is 1.63. The Morgan fingerprint density at radius 1 is 1.03 bits per heavy atom. The van der Waals surface area contributed by atoms with E-state index >= 15 is 0 Å². The van der Waals surface area contributed by atoms with Gasteiger partial charge < -0.3 is 14.8 Å². The molecule has 4 nitrogen and oxygen atoms in total. The summed E-state index contributed by atoms with van der Waals surface area (Å²) in [5, 5.41) is 8.78. The van der Waals surface area contributed by atoms with Crippen molar-refractivity contribution in [3.8, 4) is 22.8 Å². The molecule has 0 unspecified atom stereocenters. The van der Waals surface area contributed by atoms with Crippen LogP contribution < -0.4 is 14.8 Å². The van der Waals surface area contributed by atoms with Crippen LogP contribution in [0.3, 0.4) is 0 Å². The molecule has 0 aliphatic carbocycles. The van der Waals surface area contributed by atoms with Gasteiger partial charge >= 0.3 is 0 Å². The average Bonchev–Trinajstić information content (AvgIpc) is 3.31. The van der Waals surface area contributed by atoms with Crippen molar-refractivity contribution in [3.63, 3.8) is 0 Å². The Balaban J connectivity index is 1.61. The minimum absolute atomic E-state index is 0.736. The van der Waals surface area contributed by atoms with E-state index < -0.39 is 0 Å². The molecule has 0 saturated heterocycles. The minimum atomic E-state index is 0.736. The number of benzene rings is 2. The molecule has 4 rings (SSSR count). The second-order valence-electron chi connectivity index (χ2n) is 6.96. The van der Waals surface area contributed by atoms with Gasteiger partial charge in [-0.1, -0.05) is 28.1 Å². The van der Waals surface area contributed by atoms with Crippen LogP contribution in [-0.2, 0) is 13.0 Å². The zero-order valence-corrected chi connectivity index (χ0v) is 19.3. The van der Waals surface area contributed by atoms with E-state index in [1.54, 1.807) is 25.6 Å². The van der Waals surface area contributed by atoms with Gasteiger partial charge in [-0.3, -0.25) is 0 Å². The van der Waals surface area contributed by atoms with E-state index in [0.717, 1.165) is 63.2 Å². The molecule has 0 bridgehead atoms. The zero-order valence-electron chi connectivity index (χ0n) is 16.9. The Labute approximate surface area is 189 Å². The lowest BCUT2D eigenvalue weighted by atomic mass is 10.0. The number of aromatic nitrogens is 1. The third-order valence-electron chi connectivity index (χ3n) is 5.02. The van der Waals surface area contributed by atoms with E-state index in [4.69, 9.17) is 14.5 Å². The first kappa shape index (κ1) is 20.8. The predicted octanol–water partition coefficient (Wildman–Crippen LogP) is 6.08. The van der Waals surface area contributed by atoms with Crippen LogP contribution in [0.15, 0.2) is 63.8 Å². The lowest BCUT2D eigenvalue weighted by Crippen LogP contribution is -2.17. The number of hydrogen-bond acceptors (Lipinski definition) is 5. The van der Waals surface area contributed by atoms with Crippen molar-refractivity contribution in [2.45, 2.75) is 13.0 Å². The summed E-state index contributed by atoms with van der Waals surface area (Å²) >= 11 is 5.16. The molecule has 0 aliphatic rings. The number of nitrogens with one attached hydrogen (secondary N) is 1. The van der Waals surface area contributed by atoms with Gasteiger partial charge in [-0.15, -0.1) is 0 Å². The van der Waals surface area contributed by atoms with Crippen LogP contribution in [0.2, 0.25) is 0 Å². The summed E-state index contributed by atoms with van der Waals surface area (Å²) in [6.07, 6.45) is 0.975. The van der Waals surface area contributed by atoms with Crippen LogP contribution in [0, 0.1) is 0 Å². The third-order valence-corrected chi connectivity index (χ3v) is 6.23. The standard InChI is InChI=1S/C24H23BrN2O2S/c1-28-20-12-22-21(23(13-20)29-2)11-18(24(27-22)17-8-10-30-15-17)14-26-9-7-16-3-5-19(25)6-4-16/h3-6,8,10-13,15,26H,7,9,14H2,1-2H3. The van der Waals surface area contributed by atoms with E-state index in [0.29, 0.717) is 0 Å². The van der Waals surface area contributed by atoms with Crippen molar-refractivity contribution in [2.24, 2.45) is 0 Å². The Hall–Kier alpha value is -2.41. The lowest BCUT2D eigenvalue weighted by Gasteiger charge is -2.14. The maximum atomic E-state index is 5.61. The average molecular weight is 483 g/mol. The Kier molecular flexibility index (Phi) is 6.67. The summed E-state index contributed by atoms with van der Waals surface area (Å²) in [4.78, 5) is 4.98. The smallest absolute Gasteiger partial charge is 0.131 e. The fraction of sp³-hybridized carbons (Fsp3) is 0.208. The molecule has 154 valence electrons. The highest BCUT2D eigenvalue weighted by molar-refractivity contribution is 9.10. The first-order chi connectivity index (χ1) is 14.7. The van der Waals surface area contributed by atoms with Gasteiger partial charge in [0.15, 0.2) is 0 Å². The third kappa shape index (κ3) is 4.67. The molecular formula is C24H23BrN2O2S. The van der Waals surface area contributed by atoms with Crippen LogP contribution in [-0.4, -0.2) is 25.7 Å². The topological polar surface area (TPSA) is 43.4 Å². The van der Waals surface area contributed by atoms with E-state index in [2.05, 4.69) is 68.4 Å². The molecule has 30 heavy (non-hydrogen) atoms. The summed E-state index contributed by atoms with van der Waals surface area (Å²) in [7, 11) is 3.33. The molecule has 0 spiro atoms. The number of pyridine rings is 1. The quantitative estimate of drug-likeness (QED) is 0.309. The molecule has 2 heterocycles. The van der Waals surface area contributed by atoms with Crippen LogP contribution in [0.1, 0.15) is 11.1 Å². The number of halogens is 1. The minimum Gasteiger partial charge on any atom is -0.497 e. The monoisotopic (exact) mass is 482 g/mol. The lowest BCUT2D eigenvalue weighted by molar-refractivity contribution is 0.398. The fourth-order valence-corrected chi connectivity index (χ4v) is 4.34. The Morgan fingerprint density at radius 3 is 2.57 bits per heavy atom. The van der Waals surface area contributed by atoms with Crippen molar-refractivity contribution in [1.29, 1.82) is 0 Å². The number of hydrogen-bond donors (Lipinski definition) is 1. The van der Waals surface area contributed by atoms with Crippen molar-refractivity contribution in [1.82, 2.24) is 10.3 Å². The first-order valence-electron chi connectivity index (χ1n) is 9.71. The molecule has 0 atom stereocenters. The highest BCUT2D eigenvalue weighted by Gasteiger charge is 2.14. The van der Waals surface area contributed by atoms with Gasteiger partial charge in [0, 0.05) is 39.5 Å². The van der Waals surface area contributed by atoms with Gasteiger partial charge in [-0.25, -0.2) is 4.98 Å². The summed E-state index contributed by atoms with van der Waals surface area (Å²) in [6, 6.07) is 16.6. The summed E-state index contributed by atoms with van der Waals surface area (Å²) in [5.41, 5.74) is 5.46. The van der Waals surface area contributed by atoms with Crippen molar-refractivity contribution < 1.29 is 9.47 Å². The number of rotatable bonds is 8. The highest BCUT2D eigenvalue weighted by atomic mass is 79.9. The van der Waals surface area contributed by atoms with Gasteiger partial charge in [-0.2, -0.15) is 11.3 Å². The van der Waals surface area contributed by atoms with Gasteiger partial charge in [0.1, 0.15) is 11.5 Å². The SMILES string of the molecule is COc1cc(OC)c2cc(CNCCc3ccc(Br)cc3)c(-c3ccsc3)nc2c1. The molecule has 4 aromatic rings. The molecule has 0 radical (unpaired) electrons. The van der Waals surface area contributed by atoms with Crippen molar-refractivity contribution in [2.75, 3.05) is 20.8 Å². The Bertz CT molecular complexity index is 1130. The Morgan fingerprint density at radius 2 is 1.87 bits per heavy atom. The van der Waals surface area contributed by atoms with E-state index in [-0.39, 0.29) is 0 Å². The van der Waals surface area contributed by atoms with Crippen molar-refractivity contribution in [3.05, 3.63) is 74.9 Å². The van der Waals surface area contributed by atoms with Crippen LogP contribution in [0.4, 0.5) is 0 Å². The number of ether oxygens (including phenoxy) is 2. The second-order valence-corrected chi connectivity index (χ2v) is 8.65. The molecule has 2 aromatic carbocycles. The van der Waals surface area contributed by atoms with E-state index in [1.165, 1.54) is 5.56 Å². The second kappa shape index (κ2) is 9.60. The number of thiophene rings is 1. The summed E-state index contributed by atoms with van der Waals surface area (Å²) < 4.78 is 12.1. The molecule has 2 aromatic heterocycles. The van der Waals surface area contributed by atoms with Crippen LogP contribution >= 0.6 is 27.3 Å². The molecule has 6 heteroatoms. The number of fused-ring (bicyclic) bond motifs is 1. The zero-order chi connectivity index (χ0) is 20.9. The predicted molar refractivity (Wildman–Crippen MR) is 128 cm³/mol. The molecular weight excluding hydrogens is 460 g/mol. The van der Waals surface area contributed by atoms with Crippen LogP contribution in [0.25, 0.3) is 22.2 Å².